The molecule has 0 spiro atoms. The number of aryl methyl sites for hydroxylation is 1. The van der Waals surface area contributed by atoms with Crippen molar-refractivity contribution in [1.82, 2.24) is 29.8 Å². The maximum absolute atomic E-state index is 12.4. The lowest BCUT2D eigenvalue weighted by molar-refractivity contribution is 0.117. The van der Waals surface area contributed by atoms with Crippen molar-refractivity contribution in [1.29, 1.82) is 0 Å². The average molecular weight is 504 g/mol. The highest BCUT2D eigenvalue weighted by Gasteiger charge is 2.38. The summed E-state index contributed by atoms with van der Waals surface area (Å²) in [7, 11) is 1.85. The van der Waals surface area contributed by atoms with Gasteiger partial charge in [-0.2, -0.15) is 4.68 Å². The number of hydrogen-bond acceptors (Lipinski definition) is 6. The number of imidazole rings is 1. The van der Waals surface area contributed by atoms with Gasteiger partial charge in [-0.1, -0.05) is 58.6 Å². The highest BCUT2D eigenvalue weighted by atomic mass is 35.5. The van der Waals surface area contributed by atoms with E-state index in [1.54, 1.807) is 33.9 Å². The minimum absolute atomic E-state index is 0.289. The fourth-order valence-corrected chi connectivity index (χ4v) is 4.98. The molecule has 174 valence electrons. The Kier molecular flexibility index (Phi) is 5.10. The van der Waals surface area contributed by atoms with Crippen LogP contribution in [0.1, 0.15) is 34.0 Å². The Morgan fingerprint density at radius 2 is 1.77 bits per heavy atom. The van der Waals surface area contributed by atoms with Crippen LogP contribution in [0, 0.1) is 0 Å². The molecule has 0 fully saturated rings. The number of rotatable bonds is 4. The first-order valence-corrected chi connectivity index (χ1v) is 11.6. The number of fused-ring (bicyclic) bond motifs is 3. The molecule has 2 unspecified atom stereocenters. The molecule has 0 radical (unpaired) electrons. The third-order valence-electron chi connectivity index (χ3n) is 6.36. The molecule has 35 heavy (non-hydrogen) atoms. The molecular formula is C25H19Cl2N7O. The zero-order valence-corrected chi connectivity index (χ0v) is 20.0. The summed E-state index contributed by atoms with van der Waals surface area (Å²) in [6, 6.07) is 20.3. The molecule has 0 aliphatic carbocycles. The van der Waals surface area contributed by atoms with Crippen molar-refractivity contribution >= 4 is 29.2 Å². The van der Waals surface area contributed by atoms with Crippen molar-refractivity contribution < 1.29 is 5.11 Å². The van der Waals surface area contributed by atoms with E-state index in [1.807, 2.05) is 61.6 Å². The van der Waals surface area contributed by atoms with Gasteiger partial charge in [-0.25, -0.2) is 4.98 Å². The van der Waals surface area contributed by atoms with Gasteiger partial charge in [0.1, 0.15) is 0 Å². The van der Waals surface area contributed by atoms with Crippen LogP contribution in [0.5, 0.6) is 0 Å². The second kappa shape index (κ2) is 8.20. The van der Waals surface area contributed by atoms with E-state index in [0.717, 1.165) is 16.8 Å². The lowest BCUT2D eigenvalue weighted by Gasteiger charge is -2.33. The molecule has 5 aromatic rings. The van der Waals surface area contributed by atoms with Gasteiger partial charge in [0.15, 0.2) is 5.60 Å². The summed E-state index contributed by atoms with van der Waals surface area (Å²) in [6.45, 7) is 0. The molecule has 2 aromatic heterocycles. The molecule has 6 rings (SSSR count). The van der Waals surface area contributed by atoms with Crippen LogP contribution in [0.25, 0.3) is 5.69 Å². The number of anilines is 1. The van der Waals surface area contributed by atoms with Gasteiger partial charge in [0.05, 0.1) is 29.9 Å². The summed E-state index contributed by atoms with van der Waals surface area (Å²) in [4.78, 5) is 4.26. The Morgan fingerprint density at radius 1 is 0.971 bits per heavy atom. The van der Waals surface area contributed by atoms with Crippen LogP contribution in [0.3, 0.4) is 0 Å². The molecule has 0 amide bonds. The fraction of sp³-hybridized carbons (Fsp3) is 0.120. The number of nitrogens with one attached hydrogen (secondary N) is 1. The van der Waals surface area contributed by atoms with Crippen molar-refractivity contribution in [2.75, 3.05) is 5.32 Å². The Morgan fingerprint density at radius 3 is 2.51 bits per heavy atom. The lowest BCUT2D eigenvalue weighted by Crippen LogP contribution is -2.32. The van der Waals surface area contributed by atoms with Crippen molar-refractivity contribution in [3.05, 3.63) is 117 Å². The van der Waals surface area contributed by atoms with Gasteiger partial charge >= 0.3 is 0 Å². The summed E-state index contributed by atoms with van der Waals surface area (Å²) in [5.74, 6) is 0.523. The number of halogens is 2. The standard InChI is InChI=1S/C25H19Cl2N7O/c1-33-14-28-13-22(33)25(35,16-5-8-18(26)9-6-16)17-7-10-21-20(12-17)23(15-3-2-4-19(27)11-15)29-24-30-31-32-34(21)24/h2-14,23,35H,1H3,(H,29,30,32). The van der Waals surface area contributed by atoms with Gasteiger partial charge in [-0.15, -0.1) is 0 Å². The highest BCUT2D eigenvalue weighted by molar-refractivity contribution is 6.30. The quantitative estimate of drug-likeness (QED) is 0.375. The number of nitrogens with zero attached hydrogens (tertiary/aromatic N) is 6. The summed E-state index contributed by atoms with van der Waals surface area (Å²) in [6.07, 6.45) is 3.33. The van der Waals surface area contributed by atoms with Gasteiger partial charge in [-0.3, -0.25) is 0 Å². The Hall–Kier alpha value is -3.72. The molecule has 3 heterocycles. The number of aliphatic hydroxyl groups is 1. The van der Waals surface area contributed by atoms with E-state index in [9.17, 15) is 5.11 Å². The van der Waals surface area contributed by atoms with Crippen LogP contribution in [-0.2, 0) is 12.6 Å². The topological polar surface area (TPSA) is 93.7 Å². The fourth-order valence-electron chi connectivity index (χ4n) is 4.66. The molecule has 0 saturated carbocycles. The number of tetrazole rings is 1. The minimum atomic E-state index is -1.50. The summed E-state index contributed by atoms with van der Waals surface area (Å²) < 4.78 is 3.45. The zero-order chi connectivity index (χ0) is 24.2. The van der Waals surface area contributed by atoms with Gasteiger partial charge in [0.25, 0.3) is 0 Å². The predicted octanol–water partition coefficient (Wildman–Crippen LogP) is 4.50. The van der Waals surface area contributed by atoms with Crippen molar-refractivity contribution in [3.63, 3.8) is 0 Å². The maximum atomic E-state index is 12.4. The van der Waals surface area contributed by atoms with Gasteiger partial charge in [-0.05, 0) is 63.5 Å². The lowest BCUT2D eigenvalue weighted by atomic mass is 9.81. The van der Waals surface area contributed by atoms with Crippen molar-refractivity contribution in [3.8, 4) is 5.69 Å². The molecule has 0 bridgehead atoms. The van der Waals surface area contributed by atoms with E-state index in [0.29, 0.717) is 32.8 Å². The maximum Gasteiger partial charge on any atom is 0.248 e. The molecule has 1 aliphatic rings. The predicted molar refractivity (Wildman–Crippen MR) is 133 cm³/mol. The zero-order valence-electron chi connectivity index (χ0n) is 18.5. The molecule has 2 atom stereocenters. The van der Waals surface area contributed by atoms with Crippen LogP contribution < -0.4 is 5.32 Å². The Labute approximate surface area is 210 Å². The van der Waals surface area contributed by atoms with E-state index in [4.69, 9.17) is 23.2 Å². The number of benzene rings is 3. The summed E-state index contributed by atoms with van der Waals surface area (Å²) in [5.41, 5.74) is 3.08. The van der Waals surface area contributed by atoms with Gasteiger partial charge in [0, 0.05) is 22.7 Å². The van der Waals surface area contributed by atoms with Crippen LogP contribution in [0.15, 0.2) is 79.3 Å². The summed E-state index contributed by atoms with van der Waals surface area (Å²) in [5, 5.41) is 29.1. The van der Waals surface area contributed by atoms with E-state index in [2.05, 4.69) is 25.8 Å². The van der Waals surface area contributed by atoms with Crippen molar-refractivity contribution in [2.24, 2.45) is 7.05 Å². The minimum Gasteiger partial charge on any atom is -0.374 e. The van der Waals surface area contributed by atoms with E-state index in [1.165, 1.54) is 0 Å². The first kappa shape index (κ1) is 21.8. The van der Waals surface area contributed by atoms with Crippen LogP contribution in [-0.4, -0.2) is 34.9 Å². The average Bonchev–Trinajstić information content (AvgIpc) is 3.52. The third kappa shape index (κ3) is 3.49. The van der Waals surface area contributed by atoms with Crippen LogP contribution in [0.2, 0.25) is 10.0 Å². The Bertz CT molecular complexity index is 1550. The molecule has 8 nitrogen and oxygen atoms in total. The number of aromatic nitrogens is 6. The van der Waals surface area contributed by atoms with Gasteiger partial charge in [0.2, 0.25) is 5.95 Å². The van der Waals surface area contributed by atoms with Crippen LogP contribution in [0.4, 0.5) is 5.95 Å². The normalized spacial score (nSPS) is 16.2. The smallest absolute Gasteiger partial charge is 0.248 e. The number of hydrogen-bond donors (Lipinski definition) is 2. The Balaban J connectivity index is 1.59. The second-order valence-electron chi connectivity index (χ2n) is 8.43. The molecular weight excluding hydrogens is 485 g/mol. The van der Waals surface area contributed by atoms with E-state index >= 15 is 0 Å². The molecule has 2 N–H and O–H groups in total. The monoisotopic (exact) mass is 503 g/mol. The molecule has 1 aliphatic heterocycles. The first-order valence-electron chi connectivity index (χ1n) is 10.9. The van der Waals surface area contributed by atoms with Gasteiger partial charge < -0.3 is 15.0 Å². The molecule has 10 heteroatoms. The molecule has 0 saturated heterocycles. The molecule has 3 aromatic carbocycles. The third-order valence-corrected chi connectivity index (χ3v) is 6.85. The summed E-state index contributed by atoms with van der Waals surface area (Å²) >= 11 is 12.5. The second-order valence-corrected chi connectivity index (χ2v) is 9.30. The highest BCUT2D eigenvalue weighted by Crippen LogP contribution is 2.42. The first-order chi connectivity index (χ1) is 16.9. The van der Waals surface area contributed by atoms with Crippen LogP contribution >= 0.6 is 23.2 Å². The SMILES string of the molecule is Cn1cncc1C(O)(c1ccc(Cl)cc1)c1ccc2c(c1)C(c1cccc(Cl)c1)Nc1nnnn1-2. The van der Waals surface area contributed by atoms with E-state index in [-0.39, 0.29) is 6.04 Å². The van der Waals surface area contributed by atoms with Crippen molar-refractivity contribution in [2.45, 2.75) is 11.6 Å². The largest absolute Gasteiger partial charge is 0.374 e. The van der Waals surface area contributed by atoms with E-state index < -0.39 is 5.60 Å².